The van der Waals surface area contributed by atoms with Crippen molar-refractivity contribution in [3.63, 3.8) is 0 Å². The molecule has 146 valence electrons. The van der Waals surface area contributed by atoms with E-state index in [0.29, 0.717) is 11.7 Å². The van der Waals surface area contributed by atoms with Crippen molar-refractivity contribution in [2.24, 2.45) is 4.99 Å². The fraction of sp³-hybridized carbons (Fsp3) is 0.688. The minimum Gasteiger partial charge on any atom is -0.444 e. The average molecular weight is 404 g/mol. The number of sulfone groups is 1. The molecule has 2 atom stereocenters. The number of alkyl carbamates (subject to hydrolysis) is 1. The molecule has 0 aromatic carbocycles. The van der Waals surface area contributed by atoms with E-state index in [9.17, 15) is 18.0 Å². The van der Waals surface area contributed by atoms with Crippen LogP contribution in [0.5, 0.6) is 0 Å². The zero-order chi connectivity index (χ0) is 19.5. The smallest absolute Gasteiger partial charge is 0.407 e. The molecular weight excluding hydrogens is 378 g/mol. The van der Waals surface area contributed by atoms with Crippen LogP contribution in [0.3, 0.4) is 0 Å². The molecule has 0 spiro atoms. The van der Waals surface area contributed by atoms with Crippen LogP contribution in [0.25, 0.3) is 0 Å². The van der Waals surface area contributed by atoms with Crippen LogP contribution < -0.4 is 5.32 Å². The van der Waals surface area contributed by atoms with Gasteiger partial charge in [0.05, 0.1) is 17.5 Å². The topological polar surface area (TPSA) is 105 Å². The third-order valence-corrected chi connectivity index (χ3v) is 6.98. The molecule has 0 saturated carbocycles. The number of hydrogen-bond acceptors (Lipinski definition) is 6. The number of amides is 2. The SMILES string of the molecule is C=CCN1C(=NC(=O)CCNC(=O)OC(C)(C)C)S[C@@H]2CS(=O)(=O)C[C@@H]21. The maximum atomic E-state index is 12.1. The largest absolute Gasteiger partial charge is 0.444 e. The predicted octanol–water partition coefficient (Wildman–Crippen LogP) is 1.18. The third kappa shape index (κ3) is 5.73. The van der Waals surface area contributed by atoms with E-state index in [2.05, 4.69) is 16.9 Å². The Morgan fingerprint density at radius 2 is 2.12 bits per heavy atom. The molecule has 2 amide bonds. The Hall–Kier alpha value is -1.55. The molecule has 1 N–H and O–H groups in total. The molecule has 2 rings (SSSR count). The number of amidine groups is 1. The van der Waals surface area contributed by atoms with Crippen LogP contribution in [0.15, 0.2) is 17.6 Å². The van der Waals surface area contributed by atoms with Gasteiger partial charge < -0.3 is 15.0 Å². The summed E-state index contributed by atoms with van der Waals surface area (Å²) in [5, 5.41) is 2.93. The van der Waals surface area contributed by atoms with Crippen LogP contribution in [0.2, 0.25) is 0 Å². The number of nitrogens with one attached hydrogen (secondary N) is 1. The van der Waals surface area contributed by atoms with Crippen molar-refractivity contribution in [1.82, 2.24) is 10.2 Å². The Morgan fingerprint density at radius 1 is 1.42 bits per heavy atom. The number of carbonyl (C=O) groups is 2. The fourth-order valence-electron chi connectivity index (χ4n) is 2.74. The summed E-state index contributed by atoms with van der Waals surface area (Å²) in [4.78, 5) is 29.6. The lowest BCUT2D eigenvalue weighted by Gasteiger charge is -2.22. The zero-order valence-electron chi connectivity index (χ0n) is 15.2. The van der Waals surface area contributed by atoms with Gasteiger partial charge >= 0.3 is 6.09 Å². The Balaban J connectivity index is 1.91. The number of carbonyl (C=O) groups excluding carboxylic acids is 2. The lowest BCUT2D eigenvalue weighted by atomic mass is 10.2. The van der Waals surface area contributed by atoms with Gasteiger partial charge in [0.25, 0.3) is 0 Å². The summed E-state index contributed by atoms with van der Waals surface area (Å²) >= 11 is 1.32. The van der Waals surface area contributed by atoms with Gasteiger partial charge in [0.2, 0.25) is 5.91 Å². The number of rotatable bonds is 5. The molecule has 2 saturated heterocycles. The summed E-state index contributed by atoms with van der Waals surface area (Å²) in [7, 11) is -3.05. The maximum absolute atomic E-state index is 12.1. The molecule has 8 nitrogen and oxygen atoms in total. The number of nitrogens with zero attached hydrogens (tertiary/aromatic N) is 2. The van der Waals surface area contributed by atoms with Crippen LogP contribution in [-0.2, 0) is 19.4 Å². The van der Waals surface area contributed by atoms with Crippen molar-refractivity contribution in [2.75, 3.05) is 24.6 Å². The first-order chi connectivity index (χ1) is 12.0. The monoisotopic (exact) mass is 403 g/mol. The highest BCUT2D eigenvalue weighted by Crippen LogP contribution is 2.37. The number of ether oxygens (including phenoxy) is 1. The minimum absolute atomic E-state index is 0.0405. The number of hydrogen-bond donors (Lipinski definition) is 1. The molecule has 0 aromatic rings. The molecule has 2 aliphatic rings. The van der Waals surface area contributed by atoms with Crippen LogP contribution in [-0.4, -0.2) is 72.0 Å². The van der Waals surface area contributed by atoms with E-state index < -0.39 is 21.5 Å². The van der Waals surface area contributed by atoms with E-state index in [4.69, 9.17) is 4.74 Å². The van der Waals surface area contributed by atoms with Gasteiger partial charge in [-0.25, -0.2) is 13.2 Å². The Bertz CT molecular complexity index is 712. The highest BCUT2D eigenvalue weighted by molar-refractivity contribution is 8.15. The summed E-state index contributed by atoms with van der Waals surface area (Å²) in [5.41, 5.74) is -0.599. The van der Waals surface area contributed by atoms with E-state index in [1.165, 1.54) is 11.8 Å². The summed E-state index contributed by atoms with van der Waals surface area (Å²) in [5.74, 6) is -0.199. The van der Waals surface area contributed by atoms with Gasteiger partial charge in [-0.2, -0.15) is 4.99 Å². The van der Waals surface area contributed by atoms with Crippen LogP contribution in [0, 0.1) is 0 Å². The van der Waals surface area contributed by atoms with Crippen molar-refractivity contribution < 1.29 is 22.7 Å². The summed E-state index contributed by atoms with van der Waals surface area (Å²) in [6.45, 7) is 9.51. The second-order valence-corrected chi connectivity index (χ2v) is 10.6. The van der Waals surface area contributed by atoms with E-state index in [1.807, 2.05) is 4.90 Å². The van der Waals surface area contributed by atoms with Gasteiger partial charge in [0.1, 0.15) is 5.60 Å². The van der Waals surface area contributed by atoms with Gasteiger partial charge in [-0.1, -0.05) is 17.8 Å². The number of aliphatic imine (C=N–C) groups is 1. The van der Waals surface area contributed by atoms with Gasteiger partial charge in [-0.3, -0.25) is 4.79 Å². The fourth-order valence-corrected chi connectivity index (χ4v) is 6.71. The molecule has 2 heterocycles. The standard InChI is InChI=1S/C16H25N3O5S2/c1-5-8-19-11-9-26(22,23)10-12(11)25-14(19)18-13(20)6-7-17-15(21)24-16(2,3)4/h5,11-12H,1,6-10H2,2-4H3,(H,17,21)/t11-,12+/m0/s1. The molecule has 26 heavy (non-hydrogen) atoms. The van der Waals surface area contributed by atoms with Gasteiger partial charge in [0.15, 0.2) is 15.0 Å². The molecule has 0 aliphatic carbocycles. The normalized spacial score (nSPS) is 25.8. The van der Waals surface area contributed by atoms with Crippen LogP contribution in [0.4, 0.5) is 4.79 Å². The highest BCUT2D eigenvalue weighted by Gasteiger charge is 2.48. The molecule has 2 aliphatic heterocycles. The van der Waals surface area contributed by atoms with E-state index in [1.54, 1.807) is 26.8 Å². The van der Waals surface area contributed by atoms with Crippen molar-refractivity contribution in [2.45, 2.75) is 44.1 Å². The predicted molar refractivity (Wildman–Crippen MR) is 102 cm³/mol. The Morgan fingerprint density at radius 3 is 2.73 bits per heavy atom. The second-order valence-electron chi connectivity index (χ2n) is 7.21. The zero-order valence-corrected chi connectivity index (χ0v) is 16.9. The highest BCUT2D eigenvalue weighted by atomic mass is 32.2. The van der Waals surface area contributed by atoms with Crippen molar-refractivity contribution in [3.8, 4) is 0 Å². The lowest BCUT2D eigenvalue weighted by molar-refractivity contribution is -0.117. The Kier molecular flexibility index (Phi) is 6.38. The summed E-state index contributed by atoms with van der Waals surface area (Å²) < 4.78 is 28.7. The number of fused-ring (bicyclic) bond motifs is 1. The van der Waals surface area contributed by atoms with Crippen LogP contribution in [0.1, 0.15) is 27.2 Å². The lowest BCUT2D eigenvalue weighted by Crippen LogP contribution is -2.37. The molecule has 0 aromatic heterocycles. The molecule has 0 bridgehead atoms. The molecule has 10 heteroatoms. The van der Waals surface area contributed by atoms with Gasteiger partial charge in [-0.05, 0) is 20.8 Å². The average Bonchev–Trinajstić information content (AvgIpc) is 2.90. The van der Waals surface area contributed by atoms with E-state index in [0.717, 1.165) is 0 Å². The first kappa shape index (κ1) is 20.8. The van der Waals surface area contributed by atoms with Crippen molar-refractivity contribution in [1.29, 1.82) is 0 Å². The molecule has 0 radical (unpaired) electrons. The summed E-state index contributed by atoms with van der Waals surface area (Å²) in [6, 6.07) is -0.172. The first-order valence-electron chi connectivity index (χ1n) is 8.34. The molecule has 2 fully saturated rings. The first-order valence-corrected chi connectivity index (χ1v) is 11.0. The second kappa shape index (κ2) is 7.99. The minimum atomic E-state index is -3.05. The summed E-state index contributed by atoms with van der Waals surface area (Å²) in [6.07, 6.45) is 1.12. The molecular formula is C16H25N3O5S2. The van der Waals surface area contributed by atoms with E-state index in [-0.39, 0.29) is 41.7 Å². The van der Waals surface area contributed by atoms with Gasteiger partial charge in [-0.15, -0.1) is 6.58 Å². The van der Waals surface area contributed by atoms with Gasteiger partial charge in [0, 0.05) is 24.8 Å². The van der Waals surface area contributed by atoms with Crippen molar-refractivity contribution in [3.05, 3.63) is 12.7 Å². The third-order valence-electron chi connectivity index (χ3n) is 3.73. The number of thioether (sulfide) groups is 1. The maximum Gasteiger partial charge on any atom is 0.407 e. The van der Waals surface area contributed by atoms with Crippen LogP contribution >= 0.6 is 11.8 Å². The quantitative estimate of drug-likeness (QED) is 0.687. The van der Waals surface area contributed by atoms with E-state index >= 15 is 0 Å². The Labute approximate surface area is 158 Å². The molecule has 0 unspecified atom stereocenters. The van der Waals surface area contributed by atoms with Crippen molar-refractivity contribution >= 4 is 38.8 Å².